The van der Waals surface area contributed by atoms with E-state index in [9.17, 15) is 0 Å². The van der Waals surface area contributed by atoms with Crippen LogP contribution in [0.15, 0.2) is 66.7 Å². The van der Waals surface area contributed by atoms with E-state index in [1.165, 1.54) is 47.9 Å². The van der Waals surface area contributed by atoms with Gasteiger partial charge in [0.1, 0.15) is 0 Å². The summed E-state index contributed by atoms with van der Waals surface area (Å²) in [5.41, 5.74) is 9.47. The van der Waals surface area contributed by atoms with E-state index >= 15 is 0 Å². The number of rotatable bonds is 1. The fourth-order valence-corrected chi connectivity index (χ4v) is 9.46. The van der Waals surface area contributed by atoms with E-state index in [4.69, 9.17) is 11.6 Å². The summed E-state index contributed by atoms with van der Waals surface area (Å²) in [6.07, 6.45) is 5.91. The molecule has 4 saturated carbocycles. The number of hydrogen-bond acceptors (Lipinski definition) is 0. The molecule has 0 radical (unpaired) electrons. The molecule has 2 spiro atoms. The lowest BCUT2D eigenvalue weighted by atomic mass is 9.27. The van der Waals surface area contributed by atoms with Crippen molar-refractivity contribution in [3.8, 4) is 22.3 Å². The third kappa shape index (κ3) is 1.49. The quantitative estimate of drug-likeness (QED) is 0.405. The minimum absolute atomic E-state index is 0.228. The topological polar surface area (TPSA) is 0 Å². The third-order valence-corrected chi connectivity index (χ3v) is 10.1. The summed E-state index contributed by atoms with van der Waals surface area (Å²) in [6.45, 7) is 0. The molecular formula is C28H23Cl. The Morgan fingerprint density at radius 1 is 0.759 bits per heavy atom. The first-order valence-electron chi connectivity index (χ1n) is 11.2. The maximum atomic E-state index is 6.84. The molecule has 3 aromatic rings. The minimum Gasteiger partial charge on any atom is -0.0837 e. The molecule has 0 aromatic heterocycles. The first-order valence-corrected chi connectivity index (χ1v) is 11.6. The highest BCUT2D eigenvalue weighted by atomic mass is 35.5. The van der Waals surface area contributed by atoms with Crippen LogP contribution < -0.4 is 0 Å². The summed E-state index contributed by atoms with van der Waals surface area (Å²) in [6, 6.07) is 24.8. The summed E-state index contributed by atoms with van der Waals surface area (Å²) < 4.78 is 0. The minimum atomic E-state index is 0.228. The monoisotopic (exact) mass is 394 g/mol. The molecule has 142 valence electrons. The van der Waals surface area contributed by atoms with E-state index in [0.717, 1.165) is 28.7 Å². The van der Waals surface area contributed by atoms with Gasteiger partial charge in [0.25, 0.3) is 0 Å². The van der Waals surface area contributed by atoms with Crippen molar-refractivity contribution in [3.63, 3.8) is 0 Å². The molecule has 0 amide bonds. The molecular weight excluding hydrogens is 372 g/mol. The summed E-state index contributed by atoms with van der Waals surface area (Å²) in [7, 11) is 0. The van der Waals surface area contributed by atoms with Gasteiger partial charge in [-0.15, -0.1) is 0 Å². The van der Waals surface area contributed by atoms with Gasteiger partial charge in [0.15, 0.2) is 0 Å². The van der Waals surface area contributed by atoms with Crippen molar-refractivity contribution in [2.75, 3.05) is 0 Å². The van der Waals surface area contributed by atoms with Crippen LogP contribution in [0.3, 0.4) is 0 Å². The number of benzene rings is 3. The van der Waals surface area contributed by atoms with E-state index in [1.807, 2.05) is 0 Å². The molecule has 6 unspecified atom stereocenters. The highest BCUT2D eigenvalue weighted by molar-refractivity contribution is 6.34. The second-order valence-electron chi connectivity index (χ2n) is 10.3. The second kappa shape index (κ2) is 4.81. The van der Waals surface area contributed by atoms with E-state index in [1.54, 1.807) is 11.1 Å². The van der Waals surface area contributed by atoms with Gasteiger partial charge in [-0.3, -0.25) is 0 Å². The van der Waals surface area contributed by atoms with E-state index in [2.05, 4.69) is 66.7 Å². The van der Waals surface area contributed by atoms with Gasteiger partial charge in [0.2, 0.25) is 0 Å². The Balaban J connectivity index is 1.42. The van der Waals surface area contributed by atoms with Crippen LogP contribution in [0.4, 0.5) is 0 Å². The van der Waals surface area contributed by atoms with Crippen molar-refractivity contribution < 1.29 is 0 Å². The predicted molar refractivity (Wildman–Crippen MR) is 118 cm³/mol. The van der Waals surface area contributed by atoms with Crippen molar-refractivity contribution in [1.29, 1.82) is 0 Å². The second-order valence-corrected chi connectivity index (χ2v) is 10.8. The Morgan fingerprint density at radius 2 is 1.62 bits per heavy atom. The first kappa shape index (κ1) is 15.7. The zero-order chi connectivity index (χ0) is 19.0. The summed E-state index contributed by atoms with van der Waals surface area (Å²) >= 11 is 6.84. The van der Waals surface area contributed by atoms with Crippen molar-refractivity contribution in [1.82, 2.24) is 0 Å². The zero-order valence-electron chi connectivity index (χ0n) is 16.4. The van der Waals surface area contributed by atoms with Gasteiger partial charge in [0.05, 0.1) is 0 Å². The average molecular weight is 395 g/mol. The molecule has 4 fully saturated rings. The predicted octanol–water partition coefficient (Wildman–Crippen LogP) is 7.34. The fraction of sp³-hybridized carbons (Fsp3) is 0.357. The van der Waals surface area contributed by atoms with Gasteiger partial charge >= 0.3 is 0 Å². The number of hydrogen-bond donors (Lipinski definition) is 0. The highest BCUT2D eigenvalue weighted by Gasteiger charge is 2.84. The molecule has 0 aliphatic heterocycles. The molecule has 6 atom stereocenters. The molecule has 0 nitrogen and oxygen atoms in total. The zero-order valence-corrected chi connectivity index (χ0v) is 17.1. The molecule has 5 aliphatic carbocycles. The Hall–Kier alpha value is -2.05. The fourth-order valence-electron chi connectivity index (χ4n) is 9.18. The maximum absolute atomic E-state index is 6.84. The number of halogens is 1. The van der Waals surface area contributed by atoms with Crippen LogP contribution >= 0.6 is 11.6 Å². The smallest absolute Gasteiger partial charge is 0.0487 e. The van der Waals surface area contributed by atoms with Crippen LogP contribution in [0.1, 0.15) is 36.8 Å². The summed E-state index contributed by atoms with van der Waals surface area (Å²) in [4.78, 5) is 0. The first-order chi connectivity index (χ1) is 14.2. The van der Waals surface area contributed by atoms with Gasteiger partial charge < -0.3 is 0 Å². The van der Waals surface area contributed by atoms with E-state index in [-0.39, 0.29) is 5.41 Å². The number of fused-ring (bicyclic) bond motifs is 8. The van der Waals surface area contributed by atoms with Gasteiger partial charge in [-0.05, 0) is 94.7 Å². The van der Waals surface area contributed by atoms with Crippen LogP contribution in [-0.4, -0.2) is 0 Å². The van der Waals surface area contributed by atoms with Crippen molar-refractivity contribution in [3.05, 3.63) is 82.9 Å². The maximum Gasteiger partial charge on any atom is 0.0487 e. The van der Waals surface area contributed by atoms with Crippen LogP contribution in [0.5, 0.6) is 0 Å². The van der Waals surface area contributed by atoms with E-state index in [0.29, 0.717) is 5.41 Å². The van der Waals surface area contributed by atoms with Crippen LogP contribution in [0.25, 0.3) is 22.3 Å². The van der Waals surface area contributed by atoms with Crippen LogP contribution in [0, 0.1) is 29.1 Å². The molecule has 0 N–H and O–H groups in total. The molecule has 8 rings (SSSR count). The summed E-state index contributed by atoms with van der Waals surface area (Å²) in [5, 5.41) is 0.938. The van der Waals surface area contributed by atoms with E-state index < -0.39 is 0 Å². The highest BCUT2D eigenvalue weighted by Crippen LogP contribution is 2.89. The molecule has 2 bridgehead atoms. The lowest BCUT2D eigenvalue weighted by molar-refractivity contribution is -0.231. The summed E-state index contributed by atoms with van der Waals surface area (Å²) in [5.74, 6) is 3.67. The van der Waals surface area contributed by atoms with Crippen molar-refractivity contribution in [2.24, 2.45) is 29.1 Å². The molecule has 1 heteroatoms. The van der Waals surface area contributed by atoms with Gasteiger partial charge in [-0.2, -0.15) is 0 Å². The Bertz CT molecular complexity index is 1210. The van der Waals surface area contributed by atoms with Gasteiger partial charge in [-0.25, -0.2) is 0 Å². The Labute approximate surface area is 176 Å². The molecule has 5 aliphatic rings. The lowest BCUT2D eigenvalue weighted by Gasteiger charge is -2.76. The van der Waals surface area contributed by atoms with Gasteiger partial charge in [-0.1, -0.05) is 66.2 Å². The van der Waals surface area contributed by atoms with Crippen LogP contribution in [-0.2, 0) is 5.41 Å². The third-order valence-electron chi connectivity index (χ3n) is 9.81. The molecule has 3 aromatic carbocycles. The van der Waals surface area contributed by atoms with Crippen LogP contribution in [0.2, 0.25) is 5.02 Å². The molecule has 0 saturated heterocycles. The average Bonchev–Trinajstić information content (AvgIpc) is 3.36. The normalized spacial score (nSPS) is 38.9. The standard InChI is InChI=1S/C28H23Cl/c29-23-8-4-7-21-26(23)20-10-9-18(17-5-2-1-3-6-17)13-22(20)28(21)24-12-16-11-19-14-25(28)27(19,24)15-16/h1-10,13,16,19,24-25H,11-12,14-15H2. The Kier molecular flexibility index (Phi) is 2.61. The van der Waals surface area contributed by atoms with Crippen molar-refractivity contribution >= 4 is 11.6 Å². The van der Waals surface area contributed by atoms with Gasteiger partial charge in [0, 0.05) is 16.0 Å². The SMILES string of the molecule is Clc1cccc2c1-c1ccc(-c3ccccc3)cc1C21C2CC3CC4CC1C42C3. The largest absolute Gasteiger partial charge is 0.0837 e. The Morgan fingerprint density at radius 3 is 2.48 bits per heavy atom. The molecule has 29 heavy (non-hydrogen) atoms. The lowest BCUT2D eigenvalue weighted by Crippen LogP contribution is -2.73. The van der Waals surface area contributed by atoms with Crippen molar-refractivity contribution in [2.45, 2.75) is 31.1 Å². The molecule has 0 heterocycles.